The van der Waals surface area contributed by atoms with E-state index < -0.39 is 6.10 Å². The lowest BCUT2D eigenvalue weighted by Crippen LogP contribution is -2.27. The van der Waals surface area contributed by atoms with Gasteiger partial charge in [0.25, 0.3) is 0 Å². The Morgan fingerprint density at radius 3 is 0.979 bits per heavy atom. The van der Waals surface area contributed by atoms with Gasteiger partial charge < -0.3 is 14.6 Å². The molecule has 0 heterocycles. The van der Waals surface area contributed by atoms with Crippen LogP contribution < -0.4 is 0 Å². The van der Waals surface area contributed by atoms with Crippen LogP contribution in [0, 0.1) is 0 Å². The highest BCUT2D eigenvalue weighted by Gasteiger charge is 2.13. The first-order chi connectivity index (χ1) is 23.7. The van der Waals surface area contributed by atoms with Crippen molar-refractivity contribution in [3.8, 4) is 0 Å². The fraction of sp³-hybridized carbons (Fsp3) is 0.977. The van der Waals surface area contributed by atoms with Gasteiger partial charge in [0, 0.05) is 13.0 Å². The summed E-state index contributed by atoms with van der Waals surface area (Å²) in [5.74, 6) is -0.195. The molecule has 0 rings (SSSR count). The zero-order valence-electron chi connectivity index (χ0n) is 33.0. The molecule has 288 valence electrons. The van der Waals surface area contributed by atoms with Crippen molar-refractivity contribution < 1.29 is 19.4 Å². The van der Waals surface area contributed by atoms with E-state index in [0.29, 0.717) is 19.6 Å². The molecule has 0 aliphatic heterocycles. The lowest BCUT2D eigenvalue weighted by molar-refractivity contribution is -0.154. The zero-order chi connectivity index (χ0) is 34.9. The minimum absolute atomic E-state index is 0.163. The van der Waals surface area contributed by atoms with Crippen LogP contribution in [0.1, 0.15) is 251 Å². The van der Waals surface area contributed by atoms with Crippen LogP contribution in [0.25, 0.3) is 0 Å². The summed E-state index contributed by atoms with van der Waals surface area (Å²) in [5.41, 5.74) is 0. The van der Waals surface area contributed by atoms with Crippen LogP contribution in [0.5, 0.6) is 0 Å². The predicted molar refractivity (Wildman–Crippen MR) is 210 cm³/mol. The van der Waals surface area contributed by atoms with Crippen molar-refractivity contribution in [2.75, 3.05) is 19.8 Å². The highest BCUT2D eigenvalue weighted by atomic mass is 16.6. The summed E-state index contributed by atoms with van der Waals surface area (Å²) in [4.78, 5) is 12.2. The van der Waals surface area contributed by atoms with Gasteiger partial charge in [0.05, 0.1) is 13.2 Å². The van der Waals surface area contributed by atoms with Crippen LogP contribution in [0.2, 0.25) is 0 Å². The van der Waals surface area contributed by atoms with E-state index in [4.69, 9.17) is 9.47 Å². The Bertz CT molecular complexity index is 594. The van der Waals surface area contributed by atoms with Gasteiger partial charge in [-0.05, 0) is 12.8 Å². The van der Waals surface area contributed by atoms with Gasteiger partial charge >= 0.3 is 5.97 Å². The van der Waals surface area contributed by atoms with E-state index >= 15 is 0 Å². The smallest absolute Gasteiger partial charge is 0.306 e. The fourth-order valence-corrected chi connectivity index (χ4v) is 6.86. The van der Waals surface area contributed by atoms with Gasteiger partial charge in [-0.15, -0.1) is 0 Å². The summed E-state index contributed by atoms with van der Waals surface area (Å²) >= 11 is 0. The van der Waals surface area contributed by atoms with Crippen LogP contribution >= 0.6 is 0 Å². The fourth-order valence-electron chi connectivity index (χ4n) is 6.86. The number of rotatable bonds is 42. The maximum atomic E-state index is 12.2. The number of unbranched alkanes of at least 4 members (excludes halogenated alkanes) is 34. The summed E-state index contributed by atoms with van der Waals surface area (Å²) in [5, 5.41) is 9.58. The zero-order valence-corrected chi connectivity index (χ0v) is 33.0. The molecule has 0 bridgehead atoms. The lowest BCUT2D eigenvalue weighted by Gasteiger charge is -2.16. The van der Waals surface area contributed by atoms with E-state index in [1.54, 1.807) is 0 Å². The largest absolute Gasteiger partial charge is 0.457 e. The molecule has 4 heteroatoms. The highest BCUT2D eigenvalue weighted by Crippen LogP contribution is 2.16. The van der Waals surface area contributed by atoms with Crippen LogP contribution in [-0.4, -0.2) is 37.0 Å². The molecule has 0 aromatic carbocycles. The third-order valence-electron chi connectivity index (χ3n) is 10.2. The molecule has 0 fully saturated rings. The summed E-state index contributed by atoms with van der Waals surface area (Å²) in [6.07, 6.45) is 48.9. The molecule has 0 aliphatic carbocycles. The van der Waals surface area contributed by atoms with E-state index in [0.717, 1.165) is 19.3 Å². The summed E-state index contributed by atoms with van der Waals surface area (Å²) in [6.45, 7) is 5.40. The predicted octanol–water partition coefficient (Wildman–Crippen LogP) is 14.4. The Morgan fingerprint density at radius 2 is 0.688 bits per heavy atom. The Kier molecular flexibility index (Phi) is 42.0. The molecule has 48 heavy (non-hydrogen) atoms. The first-order valence-electron chi connectivity index (χ1n) is 22.1. The number of hydrogen-bond donors (Lipinski definition) is 1. The van der Waals surface area contributed by atoms with E-state index in [2.05, 4.69) is 13.8 Å². The topological polar surface area (TPSA) is 55.8 Å². The molecule has 0 amide bonds. The quantitative estimate of drug-likeness (QED) is 0.0515. The molecule has 1 atom stereocenters. The Hall–Kier alpha value is -0.610. The van der Waals surface area contributed by atoms with Crippen molar-refractivity contribution in [2.24, 2.45) is 0 Å². The minimum atomic E-state index is -0.524. The van der Waals surface area contributed by atoms with Crippen LogP contribution in [0.3, 0.4) is 0 Å². The number of esters is 1. The van der Waals surface area contributed by atoms with Gasteiger partial charge in [-0.3, -0.25) is 4.79 Å². The third kappa shape index (κ3) is 39.8. The first-order valence-corrected chi connectivity index (χ1v) is 22.1. The van der Waals surface area contributed by atoms with E-state index in [9.17, 15) is 9.90 Å². The second-order valence-corrected chi connectivity index (χ2v) is 15.1. The Labute approximate surface area is 302 Å². The summed E-state index contributed by atoms with van der Waals surface area (Å²) in [7, 11) is 0. The lowest BCUT2D eigenvalue weighted by atomic mass is 10.0. The van der Waals surface area contributed by atoms with E-state index in [-0.39, 0.29) is 12.6 Å². The average Bonchev–Trinajstić information content (AvgIpc) is 3.09. The van der Waals surface area contributed by atoms with Crippen molar-refractivity contribution in [3.05, 3.63) is 0 Å². The first kappa shape index (κ1) is 47.4. The molecule has 0 aliphatic rings. The average molecular weight is 681 g/mol. The normalized spacial score (nSPS) is 12.1. The summed E-state index contributed by atoms with van der Waals surface area (Å²) in [6, 6.07) is 0. The second-order valence-electron chi connectivity index (χ2n) is 15.1. The number of carbonyl (C=O) groups excluding carboxylic acids is 1. The molecule has 0 saturated carbocycles. The molecule has 0 aromatic heterocycles. The Morgan fingerprint density at radius 1 is 0.417 bits per heavy atom. The second kappa shape index (κ2) is 42.6. The van der Waals surface area contributed by atoms with Gasteiger partial charge in [-0.2, -0.15) is 0 Å². The summed E-state index contributed by atoms with van der Waals surface area (Å²) < 4.78 is 11.2. The van der Waals surface area contributed by atoms with Crippen molar-refractivity contribution in [1.82, 2.24) is 0 Å². The number of carbonyl (C=O) groups is 1. The van der Waals surface area contributed by atoms with Crippen LogP contribution in [-0.2, 0) is 14.3 Å². The molecule has 4 nitrogen and oxygen atoms in total. The van der Waals surface area contributed by atoms with E-state index in [1.807, 2.05) is 0 Å². The maximum absolute atomic E-state index is 12.2. The molecular weight excluding hydrogens is 592 g/mol. The molecule has 1 N–H and O–H groups in total. The number of ether oxygens (including phenoxy) is 2. The third-order valence-corrected chi connectivity index (χ3v) is 10.2. The molecule has 1 unspecified atom stereocenters. The SMILES string of the molecule is CCCCCCCCCCCCCCCCCCCCCCCCCCOCC(CO)OC(=O)CCCCCCCCCCCCCC. The monoisotopic (exact) mass is 681 g/mol. The minimum Gasteiger partial charge on any atom is -0.457 e. The molecule has 0 aromatic rings. The van der Waals surface area contributed by atoms with Crippen LogP contribution in [0.15, 0.2) is 0 Å². The standard InChI is InChI=1S/C44H88O4/c1-3-5-7-9-11-13-15-17-18-19-20-21-22-23-24-25-26-27-28-30-32-34-36-38-40-47-42-43(41-45)48-44(46)39-37-35-33-31-29-16-14-12-10-8-6-4-2/h43,45H,3-42H2,1-2H3. The maximum Gasteiger partial charge on any atom is 0.306 e. The van der Waals surface area contributed by atoms with Gasteiger partial charge in [0.1, 0.15) is 6.10 Å². The van der Waals surface area contributed by atoms with Crippen molar-refractivity contribution in [3.63, 3.8) is 0 Å². The van der Waals surface area contributed by atoms with Crippen molar-refractivity contribution >= 4 is 5.97 Å². The van der Waals surface area contributed by atoms with E-state index in [1.165, 1.54) is 212 Å². The Balaban J connectivity index is 3.31. The highest BCUT2D eigenvalue weighted by molar-refractivity contribution is 5.69. The van der Waals surface area contributed by atoms with Gasteiger partial charge in [0.15, 0.2) is 0 Å². The van der Waals surface area contributed by atoms with Gasteiger partial charge in [-0.25, -0.2) is 0 Å². The van der Waals surface area contributed by atoms with Crippen molar-refractivity contribution in [2.45, 2.75) is 258 Å². The number of aliphatic hydroxyl groups is 1. The van der Waals surface area contributed by atoms with Gasteiger partial charge in [0.2, 0.25) is 0 Å². The van der Waals surface area contributed by atoms with Crippen molar-refractivity contribution in [1.29, 1.82) is 0 Å². The van der Waals surface area contributed by atoms with Gasteiger partial charge in [-0.1, -0.05) is 232 Å². The number of hydrogen-bond acceptors (Lipinski definition) is 4. The molecule has 0 saturated heterocycles. The molecule has 0 spiro atoms. The van der Waals surface area contributed by atoms with Crippen LogP contribution in [0.4, 0.5) is 0 Å². The molecule has 0 radical (unpaired) electrons. The molecular formula is C44H88O4. The number of aliphatic hydroxyl groups excluding tert-OH is 1.